The molecule has 0 saturated carbocycles. The number of nitrogens with one attached hydrogen (secondary N) is 1. The van der Waals surface area contributed by atoms with Gasteiger partial charge in [0, 0.05) is 10.0 Å². The molecule has 0 saturated heterocycles. The van der Waals surface area contributed by atoms with E-state index < -0.39 is 0 Å². The average Bonchev–Trinajstić information content (AvgIpc) is 2.84. The van der Waals surface area contributed by atoms with Gasteiger partial charge in [-0.05, 0) is 56.1 Å². The van der Waals surface area contributed by atoms with Crippen molar-refractivity contribution in [3.05, 3.63) is 45.6 Å². The lowest BCUT2D eigenvalue weighted by Crippen LogP contribution is -2.19. The Labute approximate surface area is 129 Å². The van der Waals surface area contributed by atoms with Crippen LogP contribution in [0.3, 0.4) is 0 Å². The quantitative estimate of drug-likeness (QED) is 0.792. The van der Waals surface area contributed by atoms with Crippen molar-refractivity contribution >= 4 is 15.9 Å². The monoisotopic (exact) mass is 335 g/mol. The topological polar surface area (TPSA) is 25.2 Å². The normalized spacial score (nSPS) is 12.7. The number of aryl methyl sites for hydroxylation is 2. The molecule has 2 aromatic rings. The number of benzene rings is 1. The van der Waals surface area contributed by atoms with Crippen molar-refractivity contribution in [3.63, 3.8) is 0 Å². The molecule has 0 spiro atoms. The van der Waals surface area contributed by atoms with Crippen LogP contribution in [0.1, 0.15) is 43.2 Å². The molecule has 0 aliphatic carbocycles. The lowest BCUT2D eigenvalue weighted by molar-refractivity contribution is 0.417. The Morgan fingerprint density at radius 1 is 1.20 bits per heavy atom. The fraction of sp³-hybridized carbons (Fsp3) is 0.412. The van der Waals surface area contributed by atoms with Crippen LogP contribution in [0.25, 0.3) is 11.3 Å². The molecule has 1 unspecified atom stereocenters. The van der Waals surface area contributed by atoms with Crippen LogP contribution >= 0.6 is 15.9 Å². The van der Waals surface area contributed by atoms with E-state index in [0.29, 0.717) is 6.04 Å². The van der Waals surface area contributed by atoms with Crippen molar-refractivity contribution < 1.29 is 4.42 Å². The summed E-state index contributed by atoms with van der Waals surface area (Å²) in [5.74, 6) is 1.94. The highest BCUT2D eigenvalue weighted by atomic mass is 79.9. The molecule has 1 heterocycles. The van der Waals surface area contributed by atoms with Crippen molar-refractivity contribution in [2.75, 3.05) is 6.54 Å². The van der Waals surface area contributed by atoms with E-state index in [2.05, 4.69) is 73.2 Å². The zero-order valence-corrected chi connectivity index (χ0v) is 14.2. The van der Waals surface area contributed by atoms with E-state index in [1.165, 1.54) is 11.1 Å². The van der Waals surface area contributed by atoms with Gasteiger partial charge in [0.25, 0.3) is 0 Å². The molecule has 1 aromatic heterocycles. The van der Waals surface area contributed by atoms with Gasteiger partial charge in [0.2, 0.25) is 0 Å². The van der Waals surface area contributed by atoms with Gasteiger partial charge < -0.3 is 9.73 Å². The zero-order chi connectivity index (χ0) is 14.7. The molecule has 0 bridgehead atoms. The Kier molecular flexibility index (Phi) is 5.06. The number of furan rings is 1. The summed E-state index contributed by atoms with van der Waals surface area (Å²) in [6.45, 7) is 9.46. The Morgan fingerprint density at radius 2 is 1.95 bits per heavy atom. The smallest absolute Gasteiger partial charge is 0.135 e. The first-order valence-electron chi connectivity index (χ1n) is 7.17. The summed E-state index contributed by atoms with van der Waals surface area (Å²) in [5, 5.41) is 3.45. The lowest BCUT2D eigenvalue weighted by atomic mass is 10.0. The second kappa shape index (κ2) is 6.59. The number of hydrogen-bond acceptors (Lipinski definition) is 2. The molecule has 0 aliphatic heterocycles. The van der Waals surface area contributed by atoms with E-state index in [-0.39, 0.29) is 0 Å². The number of hydrogen-bond donors (Lipinski definition) is 1. The van der Waals surface area contributed by atoms with Gasteiger partial charge in [-0.15, -0.1) is 0 Å². The Hall–Kier alpha value is -1.06. The molecule has 0 fully saturated rings. The molecule has 20 heavy (non-hydrogen) atoms. The third-order valence-electron chi connectivity index (χ3n) is 3.51. The number of rotatable bonds is 5. The van der Waals surface area contributed by atoms with Crippen molar-refractivity contribution in [2.24, 2.45) is 0 Å². The highest BCUT2D eigenvalue weighted by molar-refractivity contribution is 9.10. The fourth-order valence-electron chi connectivity index (χ4n) is 2.59. The lowest BCUT2D eigenvalue weighted by Gasteiger charge is -2.13. The molecular weight excluding hydrogens is 314 g/mol. The SMILES string of the molecule is CCNC(CC)c1ccc(-c2c(C)cc(C)cc2Br)o1. The first-order chi connectivity index (χ1) is 9.56. The standard InChI is InChI=1S/C17H22BrNO/c1-5-14(19-6-2)15-7-8-16(20-15)17-12(4)9-11(3)10-13(17)18/h7-10,14,19H,5-6H2,1-4H3. The van der Waals surface area contributed by atoms with Gasteiger partial charge in [-0.3, -0.25) is 0 Å². The third-order valence-corrected chi connectivity index (χ3v) is 4.13. The van der Waals surface area contributed by atoms with Gasteiger partial charge in [-0.25, -0.2) is 0 Å². The first-order valence-corrected chi connectivity index (χ1v) is 7.96. The van der Waals surface area contributed by atoms with E-state index in [1.807, 2.05) is 0 Å². The zero-order valence-electron chi connectivity index (χ0n) is 12.6. The van der Waals surface area contributed by atoms with Crippen LogP contribution in [0.4, 0.5) is 0 Å². The predicted molar refractivity (Wildman–Crippen MR) is 88.0 cm³/mol. The Bertz CT molecular complexity index is 565. The van der Waals surface area contributed by atoms with E-state index in [9.17, 15) is 0 Å². The fourth-order valence-corrected chi connectivity index (χ4v) is 3.46. The van der Waals surface area contributed by atoms with Gasteiger partial charge in [0.15, 0.2) is 0 Å². The van der Waals surface area contributed by atoms with Gasteiger partial charge in [-0.2, -0.15) is 0 Å². The van der Waals surface area contributed by atoms with E-state index in [4.69, 9.17) is 4.42 Å². The minimum Gasteiger partial charge on any atom is -0.459 e. The van der Waals surface area contributed by atoms with Crippen LogP contribution in [0.5, 0.6) is 0 Å². The van der Waals surface area contributed by atoms with Crippen LogP contribution in [0, 0.1) is 13.8 Å². The van der Waals surface area contributed by atoms with Gasteiger partial charge in [0.1, 0.15) is 11.5 Å². The van der Waals surface area contributed by atoms with Crippen LogP contribution in [0.2, 0.25) is 0 Å². The summed E-state index contributed by atoms with van der Waals surface area (Å²) in [5.41, 5.74) is 3.63. The van der Waals surface area contributed by atoms with E-state index in [0.717, 1.165) is 34.5 Å². The minimum atomic E-state index is 0.290. The van der Waals surface area contributed by atoms with Crippen LogP contribution in [-0.4, -0.2) is 6.54 Å². The molecule has 1 aromatic carbocycles. The molecule has 0 radical (unpaired) electrons. The highest BCUT2D eigenvalue weighted by Gasteiger charge is 2.16. The summed E-state index contributed by atoms with van der Waals surface area (Å²) in [7, 11) is 0. The molecule has 2 nitrogen and oxygen atoms in total. The summed E-state index contributed by atoms with van der Waals surface area (Å²) in [4.78, 5) is 0. The van der Waals surface area contributed by atoms with Crippen molar-refractivity contribution in [1.82, 2.24) is 5.32 Å². The summed E-state index contributed by atoms with van der Waals surface area (Å²) >= 11 is 3.65. The second-order valence-corrected chi connectivity index (χ2v) is 6.01. The number of halogens is 1. The Morgan fingerprint density at radius 3 is 2.55 bits per heavy atom. The van der Waals surface area contributed by atoms with Crippen LogP contribution in [0.15, 0.2) is 33.2 Å². The first kappa shape index (κ1) is 15.3. The maximum absolute atomic E-state index is 6.08. The molecule has 108 valence electrons. The Balaban J connectivity index is 2.38. The van der Waals surface area contributed by atoms with Crippen molar-refractivity contribution in [1.29, 1.82) is 0 Å². The van der Waals surface area contributed by atoms with Gasteiger partial charge in [-0.1, -0.05) is 35.8 Å². The van der Waals surface area contributed by atoms with Gasteiger partial charge >= 0.3 is 0 Å². The maximum atomic E-state index is 6.08. The molecule has 1 N–H and O–H groups in total. The molecule has 1 atom stereocenters. The largest absolute Gasteiger partial charge is 0.459 e. The van der Waals surface area contributed by atoms with E-state index in [1.54, 1.807) is 0 Å². The van der Waals surface area contributed by atoms with E-state index >= 15 is 0 Å². The molecular formula is C17H22BrNO. The average molecular weight is 336 g/mol. The molecule has 3 heteroatoms. The molecule has 0 aliphatic rings. The van der Waals surface area contributed by atoms with Crippen LogP contribution < -0.4 is 5.32 Å². The van der Waals surface area contributed by atoms with Crippen LogP contribution in [-0.2, 0) is 0 Å². The minimum absolute atomic E-state index is 0.290. The molecule has 0 amide bonds. The third kappa shape index (κ3) is 3.15. The van der Waals surface area contributed by atoms with Gasteiger partial charge in [0.05, 0.1) is 6.04 Å². The second-order valence-electron chi connectivity index (χ2n) is 5.16. The summed E-state index contributed by atoms with van der Waals surface area (Å²) < 4.78 is 7.17. The van der Waals surface area contributed by atoms with Crippen molar-refractivity contribution in [2.45, 2.75) is 40.2 Å². The van der Waals surface area contributed by atoms with Crippen molar-refractivity contribution in [3.8, 4) is 11.3 Å². The maximum Gasteiger partial charge on any atom is 0.135 e. The molecule has 2 rings (SSSR count). The highest BCUT2D eigenvalue weighted by Crippen LogP contribution is 2.35. The summed E-state index contributed by atoms with van der Waals surface area (Å²) in [6.07, 6.45) is 1.02. The predicted octanol–water partition coefficient (Wildman–Crippen LogP) is 5.39. The summed E-state index contributed by atoms with van der Waals surface area (Å²) in [6, 6.07) is 8.75.